The monoisotopic (exact) mass is 310 g/mol. The molecule has 2 nitrogen and oxygen atoms in total. The Hall–Kier alpha value is -1.71. The van der Waals surface area contributed by atoms with Crippen molar-refractivity contribution in [1.82, 2.24) is 0 Å². The highest BCUT2D eigenvalue weighted by molar-refractivity contribution is 5.85. The Balaban J connectivity index is 0.000000235. The summed E-state index contributed by atoms with van der Waals surface area (Å²) < 4.78 is 24.9. The van der Waals surface area contributed by atoms with Gasteiger partial charge in [0.1, 0.15) is 0 Å². The van der Waals surface area contributed by atoms with Gasteiger partial charge in [0.15, 0.2) is 11.6 Å². The standard InChI is InChI=1S/C9H6F2O2.C9H18/c10-7-3-1-6(5-8(7)11)2-4-9(12)13;1-8(2)9-6-4-3-5-7-9/h1-5H,(H,12,13);8-9H,3-7H2,1-2H3/b4-2+;. The zero-order valence-corrected chi connectivity index (χ0v) is 13.2. The molecule has 0 heterocycles. The number of carbonyl (C=O) groups is 1. The van der Waals surface area contributed by atoms with E-state index in [0.29, 0.717) is 5.56 Å². The van der Waals surface area contributed by atoms with Crippen LogP contribution in [0.25, 0.3) is 6.08 Å². The molecule has 2 rings (SSSR count). The number of halogens is 2. The van der Waals surface area contributed by atoms with Crippen LogP contribution in [0.2, 0.25) is 0 Å². The molecule has 1 saturated carbocycles. The molecule has 0 bridgehead atoms. The Kier molecular flexibility index (Phi) is 7.78. The summed E-state index contributed by atoms with van der Waals surface area (Å²) in [5.74, 6) is -1.09. The molecule has 0 unspecified atom stereocenters. The highest BCUT2D eigenvalue weighted by Crippen LogP contribution is 2.29. The van der Waals surface area contributed by atoms with Gasteiger partial charge in [-0.1, -0.05) is 52.0 Å². The van der Waals surface area contributed by atoms with E-state index in [-0.39, 0.29) is 0 Å². The maximum Gasteiger partial charge on any atom is 0.328 e. The van der Waals surface area contributed by atoms with E-state index in [1.54, 1.807) is 0 Å². The van der Waals surface area contributed by atoms with Crippen LogP contribution in [-0.2, 0) is 4.79 Å². The highest BCUT2D eigenvalue weighted by atomic mass is 19.2. The third kappa shape index (κ3) is 6.83. The van der Waals surface area contributed by atoms with Gasteiger partial charge < -0.3 is 5.11 Å². The summed E-state index contributed by atoms with van der Waals surface area (Å²) in [7, 11) is 0. The topological polar surface area (TPSA) is 37.3 Å². The van der Waals surface area contributed by atoms with E-state index >= 15 is 0 Å². The molecule has 1 aliphatic carbocycles. The number of benzene rings is 1. The van der Waals surface area contributed by atoms with Gasteiger partial charge in [-0.15, -0.1) is 0 Å². The largest absolute Gasteiger partial charge is 0.478 e. The van der Waals surface area contributed by atoms with Crippen LogP contribution in [0.4, 0.5) is 8.78 Å². The minimum atomic E-state index is -1.13. The summed E-state index contributed by atoms with van der Waals surface area (Å²) in [6.45, 7) is 4.71. The Morgan fingerprint density at radius 1 is 1.18 bits per heavy atom. The molecule has 22 heavy (non-hydrogen) atoms. The first-order chi connectivity index (χ1) is 10.4. The zero-order chi connectivity index (χ0) is 16.5. The van der Waals surface area contributed by atoms with Crippen LogP contribution >= 0.6 is 0 Å². The molecule has 4 heteroatoms. The summed E-state index contributed by atoms with van der Waals surface area (Å²) >= 11 is 0. The smallest absolute Gasteiger partial charge is 0.328 e. The molecule has 1 fully saturated rings. The third-order valence-electron chi connectivity index (χ3n) is 3.95. The summed E-state index contributed by atoms with van der Waals surface area (Å²) in [6, 6.07) is 3.16. The van der Waals surface area contributed by atoms with Crippen LogP contribution in [0.3, 0.4) is 0 Å². The Morgan fingerprint density at radius 3 is 2.27 bits per heavy atom. The molecule has 0 saturated heterocycles. The minimum absolute atomic E-state index is 0.307. The number of hydrogen-bond donors (Lipinski definition) is 1. The quantitative estimate of drug-likeness (QED) is 0.771. The van der Waals surface area contributed by atoms with Gasteiger partial charge in [0, 0.05) is 6.08 Å². The first-order valence-electron chi connectivity index (χ1n) is 7.76. The molecule has 0 radical (unpaired) electrons. The molecule has 0 atom stereocenters. The predicted octanol–water partition coefficient (Wildman–Crippen LogP) is 5.29. The SMILES string of the molecule is CC(C)C1CCCCC1.O=C(O)/C=C/c1ccc(F)c(F)c1. The van der Waals surface area contributed by atoms with Gasteiger partial charge in [-0.25, -0.2) is 13.6 Å². The van der Waals surface area contributed by atoms with E-state index in [0.717, 1.165) is 30.0 Å². The van der Waals surface area contributed by atoms with Gasteiger partial charge in [0.05, 0.1) is 0 Å². The molecule has 0 spiro atoms. The highest BCUT2D eigenvalue weighted by Gasteiger charge is 2.15. The average Bonchev–Trinajstić information content (AvgIpc) is 2.50. The molecule has 1 aromatic carbocycles. The number of rotatable bonds is 3. The van der Waals surface area contributed by atoms with Crippen molar-refractivity contribution in [2.45, 2.75) is 46.0 Å². The Morgan fingerprint density at radius 2 is 1.82 bits per heavy atom. The molecule has 1 aromatic rings. The van der Waals surface area contributed by atoms with Gasteiger partial charge in [0.25, 0.3) is 0 Å². The molecular formula is C18H24F2O2. The summed E-state index contributed by atoms with van der Waals surface area (Å²) in [4.78, 5) is 10.1. The van der Waals surface area contributed by atoms with Crippen molar-refractivity contribution in [3.63, 3.8) is 0 Å². The average molecular weight is 310 g/mol. The van der Waals surface area contributed by atoms with Gasteiger partial charge in [0.2, 0.25) is 0 Å². The molecule has 0 aliphatic heterocycles. The van der Waals surface area contributed by atoms with E-state index in [9.17, 15) is 13.6 Å². The van der Waals surface area contributed by atoms with Crippen LogP contribution in [0.1, 0.15) is 51.5 Å². The fourth-order valence-corrected chi connectivity index (χ4v) is 2.58. The summed E-state index contributed by atoms with van der Waals surface area (Å²) in [5.41, 5.74) is 0.307. The first-order valence-corrected chi connectivity index (χ1v) is 7.76. The molecular weight excluding hydrogens is 286 g/mol. The van der Waals surface area contributed by atoms with Crippen molar-refractivity contribution in [3.8, 4) is 0 Å². The van der Waals surface area contributed by atoms with Gasteiger partial charge in [-0.05, 0) is 35.6 Å². The zero-order valence-electron chi connectivity index (χ0n) is 13.2. The number of hydrogen-bond acceptors (Lipinski definition) is 1. The Bertz CT molecular complexity index is 504. The van der Waals surface area contributed by atoms with Gasteiger partial charge >= 0.3 is 5.97 Å². The van der Waals surface area contributed by atoms with Crippen LogP contribution in [0.5, 0.6) is 0 Å². The third-order valence-corrected chi connectivity index (χ3v) is 3.95. The maximum absolute atomic E-state index is 12.5. The van der Waals surface area contributed by atoms with E-state index in [1.165, 1.54) is 44.2 Å². The molecule has 1 N–H and O–H groups in total. The number of carboxylic acids is 1. The summed E-state index contributed by atoms with van der Waals surface area (Å²) in [5, 5.41) is 8.24. The van der Waals surface area contributed by atoms with E-state index < -0.39 is 17.6 Å². The van der Waals surface area contributed by atoms with E-state index in [1.807, 2.05) is 0 Å². The summed E-state index contributed by atoms with van der Waals surface area (Å²) in [6.07, 6.45) is 9.50. The van der Waals surface area contributed by atoms with Crippen molar-refractivity contribution in [3.05, 3.63) is 41.5 Å². The second-order valence-corrected chi connectivity index (χ2v) is 5.99. The molecule has 0 aromatic heterocycles. The first kappa shape index (κ1) is 18.3. The fourth-order valence-electron chi connectivity index (χ4n) is 2.58. The number of aliphatic carboxylic acids is 1. The van der Waals surface area contributed by atoms with Crippen molar-refractivity contribution < 1.29 is 18.7 Å². The lowest BCUT2D eigenvalue weighted by Gasteiger charge is -2.24. The molecule has 1 aliphatic rings. The Labute approximate surface area is 130 Å². The normalized spacial score (nSPS) is 15.7. The lowest BCUT2D eigenvalue weighted by molar-refractivity contribution is -0.131. The van der Waals surface area contributed by atoms with E-state index in [4.69, 9.17) is 5.11 Å². The predicted molar refractivity (Wildman–Crippen MR) is 84.4 cm³/mol. The van der Waals surface area contributed by atoms with Crippen molar-refractivity contribution in [1.29, 1.82) is 0 Å². The molecule has 122 valence electrons. The van der Waals surface area contributed by atoms with Gasteiger partial charge in [-0.2, -0.15) is 0 Å². The lowest BCUT2D eigenvalue weighted by Crippen LogP contribution is -2.12. The maximum atomic E-state index is 12.5. The fraction of sp³-hybridized carbons (Fsp3) is 0.500. The van der Waals surface area contributed by atoms with Crippen LogP contribution < -0.4 is 0 Å². The van der Waals surface area contributed by atoms with Crippen molar-refractivity contribution in [2.24, 2.45) is 11.8 Å². The molecule has 0 amide bonds. The minimum Gasteiger partial charge on any atom is -0.478 e. The van der Waals surface area contributed by atoms with Crippen LogP contribution in [0, 0.1) is 23.5 Å². The number of carboxylic acid groups (broad SMARTS) is 1. The van der Waals surface area contributed by atoms with E-state index in [2.05, 4.69) is 13.8 Å². The van der Waals surface area contributed by atoms with Crippen LogP contribution in [-0.4, -0.2) is 11.1 Å². The van der Waals surface area contributed by atoms with Crippen molar-refractivity contribution >= 4 is 12.0 Å². The van der Waals surface area contributed by atoms with Crippen LogP contribution in [0.15, 0.2) is 24.3 Å². The second kappa shape index (κ2) is 9.34. The van der Waals surface area contributed by atoms with Crippen molar-refractivity contribution in [2.75, 3.05) is 0 Å². The lowest BCUT2D eigenvalue weighted by atomic mass is 9.82. The van der Waals surface area contributed by atoms with Gasteiger partial charge in [-0.3, -0.25) is 0 Å². The second-order valence-electron chi connectivity index (χ2n) is 5.99.